The summed E-state index contributed by atoms with van der Waals surface area (Å²) in [4.78, 5) is 26.9. The maximum atomic E-state index is 13.7. The number of rotatable bonds is 14. The van der Waals surface area contributed by atoms with Gasteiger partial charge in [-0.25, -0.2) is 0 Å². The van der Waals surface area contributed by atoms with E-state index in [4.69, 9.17) is 14.2 Å². The predicted octanol–water partition coefficient (Wildman–Crippen LogP) is 5.72. The molecule has 0 N–H and O–H groups in total. The summed E-state index contributed by atoms with van der Waals surface area (Å²) < 4.78 is 28.7. The fourth-order valence-electron chi connectivity index (χ4n) is 3.47. The molecule has 168 valence electrons. The van der Waals surface area contributed by atoms with Gasteiger partial charge in [0.2, 0.25) is 5.16 Å². The Morgan fingerprint density at radius 1 is 1.10 bits per heavy atom. The second-order valence-corrected chi connectivity index (χ2v) is 8.88. The molecule has 7 heteroatoms. The van der Waals surface area contributed by atoms with Gasteiger partial charge in [-0.05, 0) is 36.8 Å². The van der Waals surface area contributed by atoms with Gasteiger partial charge in [-0.15, -0.1) is 0 Å². The number of hydrogen-bond donors (Lipinski definition) is 0. The molecule has 1 aromatic rings. The van der Waals surface area contributed by atoms with Crippen LogP contribution >= 0.6 is 8.46 Å². The topological polar surface area (TPSA) is 78.9 Å². The number of ether oxygens (including phenoxy) is 3. The van der Waals surface area contributed by atoms with E-state index in [1.54, 1.807) is 18.2 Å². The van der Waals surface area contributed by atoms with E-state index in [1.165, 1.54) is 14.2 Å². The number of unbranched alkanes of at least 4 members (excludes halogenated alkanes) is 1. The quantitative estimate of drug-likeness (QED) is 0.160. The highest BCUT2D eigenvalue weighted by Gasteiger charge is 2.51. The Morgan fingerprint density at radius 3 is 2.13 bits per heavy atom. The van der Waals surface area contributed by atoms with E-state index in [0.29, 0.717) is 0 Å². The Balaban J connectivity index is 3.33. The number of ketones is 1. The van der Waals surface area contributed by atoms with Crippen LogP contribution in [-0.2, 0) is 14.1 Å². The summed E-state index contributed by atoms with van der Waals surface area (Å²) in [5.74, 6) is -0.707. The SMILES string of the molecule is CCCCC(CC)COC(=O)C(CC(C)C)(P=O)C(=O)c1c(OC)cccc1OC. The lowest BCUT2D eigenvalue weighted by Gasteiger charge is -2.27. The highest BCUT2D eigenvalue weighted by Crippen LogP contribution is 2.41. The van der Waals surface area contributed by atoms with Gasteiger partial charge in [0.1, 0.15) is 17.1 Å². The zero-order valence-electron chi connectivity index (χ0n) is 19.0. The third kappa shape index (κ3) is 6.28. The lowest BCUT2D eigenvalue weighted by molar-refractivity contribution is -0.147. The minimum absolute atomic E-state index is 0.0642. The molecule has 0 saturated heterocycles. The Kier molecular flexibility index (Phi) is 11.0. The molecule has 2 unspecified atom stereocenters. The third-order valence-electron chi connectivity index (χ3n) is 5.22. The van der Waals surface area contributed by atoms with Crippen LogP contribution in [0.5, 0.6) is 11.5 Å². The van der Waals surface area contributed by atoms with Crippen molar-refractivity contribution in [2.24, 2.45) is 11.8 Å². The van der Waals surface area contributed by atoms with Gasteiger partial charge in [0.25, 0.3) is 0 Å². The van der Waals surface area contributed by atoms with Crippen molar-refractivity contribution in [3.05, 3.63) is 23.8 Å². The molecule has 0 aromatic heterocycles. The summed E-state index contributed by atoms with van der Waals surface area (Å²) in [6.45, 7) is 8.11. The normalized spacial score (nSPS) is 14.2. The van der Waals surface area contributed by atoms with Gasteiger partial charge in [-0.1, -0.05) is 53.0 Å². The minimum Gasteiger partial charge on any atom is -0.496 e. The van der Waals surface area contributed by atoms with E-state index in [2.05, 4.69) is 6.92 Å². The van der Waals surface area contributed by atoms with E-state index < -0.39 is 25.4 Å². The highest BCUT2D eigenvalue weighted by atomic mass is 31.1. The fraction of sp³-hybridized carbons (Fsp3) is 0.652. The second kappa shape index (κ2) is 12.7. The molecule has 0 aliphatic carbocycles. The summed E-state index contributed by atoms with van der Waals surface area (Å²) in [5.41, 5.74) is 0.0986. The van der Waals surface area contributed by atoms with Gasteiger partial charge in [-0.3, -0.25) is 14.2 Å². The number of esters is 1. The Labute approximate surface area is 181 Å². The first-order valence-corrected chi connectivity index (χ1v) is 11.4. The molecule has 1 aromatic carbocycles. The average molecular weight is 439 g/mol. The average Bonchev–Trinajstić information content (AvgIpc) is 2.75. The number of carbonyl (C=O) groups is 2. The molecule has 1 rings (SSSR count). The lowest BCUT2D eigenvalue weighted by atomic mass is 9.87. The zero-order chi connectivity index (χ0) is 22.7. The molecule has 0 radical (unpaired) electrons. The smallest absolute Gasteiger partial charge is 0.331 e. The molecule has 30 heavy (non-hydrogen) atoms. The van der Waals surface area contributed by atoms with Crippen molar-refractivity contribution in [3.63, 3.8) is 0 Å². The molecule has 0 aliphatic heterocycles. The van der Waals surface area contributed by atoms with Crippen molar-refractivity contribution < 1.29 is 28.4 Å². The van der Waals surface area contributed by atoms with Crippen LogP contribution in [0.1, 0.15) is 70.2 Å². The molecule has 0 saturated carbocycles. The Bertz CT molecular complexity index is 695. The van der Waals surface area contributed by atoms with Crippen molar-refractivity contribution in [1.82, 2.24) is 0 Å². The van der Waals surface area contributed by atoms with E-state index in [-0.39, 0.29) is 41.9 Å². The Morgan fingerprint density at radius 2 is 1.70 bits per heavy atom. The van der Waals surface area contributed by atoms with E-state index in [1.807, 2.05) is 20.8 Å². The van der Waals surface area contributed by atoms with Crippen molar-refractivity contribution >= 4 is 20.2 Å². The van der Waals surface area contributed by atoms with Crippen LogP contribution in [0.3, 0.4) is 0 Å². The monoisotopic (exact) mass is 438 g/mol. The van der Waals surface area contributed by atoms with Crippen LogP contribution in [0, 0.1) is 11.8 Å². The molecule has 6 nitrogen and oxygen atoms in total. The molecular formula is C23H35O6P. The van der Waals surface area contributed by atoms with Crippen LogP contribution in [0.2, 0.25) is 0 Å². The minimum atomic E-state index is -1.85. The predicted molar refractivity (Wildman–Crippen MR) is 118 cm³/mol. The standard InChI is InChI=1S/C23H35O6P/c1-7-9-11-17(8-2)15-29-22(25)23(30-26,14-16(3)4)21(24)20-18(27-5)12-10-13-19(20)28-6/h10,12-13,16-17H,7-9,11,14-15H2,1-6H3. The van der Waals surface area contributed by atoms with Crippen LogP contribution in [0.15, 0.2) is 18.2 Å². The summed E-state index contributed by atoms with van der Waals surface area (Å²) in [5, 5.41) is -1.85. The van der Waals surface area contributed by atoms with Crippen molar-refractivity contribution in [3.8, 4) is 11.5 Å². The molecule has 2 atom stereocenters. The summed E-state index contributed by atoms with van der Waals surface area (Å²) in [6, 6.07) is 4.91. The maximum Gasteiger partial charge on any atom is 0.331 e. The van der Waals surface area contributed by atoms with Crippen molar-refractivity contribution in [2.45, 2.75) is 65.0 Å². The second-order valence-electron chi connectivity index (χ2n) is 7.93. The molecular weight excluding hydrogens is 403 g/mol. The van der Waals surface area contributed by atoms with E-state index >= 15 is 0 Å². The first-order valence-electron chi connectivity index (χ1n) is 10.6. The number of Topliss-reactive ketones (excluding diaryl/α,β-unsaturated/α-hetero) is 1. The first-order chi connectivity index (χ1) is 14.3. The third-order valence-corrected chi connectivity index (χ3v) is 6.10. The summed E-state index contributed by atoms with van der Waals surface area (Å²) in [6.07, 6.45) is 4.01. The number of carbonyl (C=O) groups excluding carboxylic acids is 2. The molecule has 0 spiro atoms. The zero-order valence-corrected chi connectivity index (χ0v) is 19.9. The number of benzene rings is 1. The summed E-state index contributed by atoms with van der Waals surface area (Å²) in [7, 11) is 2.27. The van der Waals surface area contributed by atoms with Gasteiger partial charge in [0.05, 0.1) is 20.8 Å². The molecule has 0 fully saturated rings. The lowest BCUT2D eigenvalue weighted by Crippen LogP contribution is -2.44. The number of hydrogen-bond acceptors (Lipinski definition) is 6. The fourth-order valence-corrected chi connectivity index (χ4v) is 4.24. The largest absolute Gasteiger partial charge is 0.496 e. The van der Waals surface area contributed by atoms with Crippen LogP contribution in [0.4, 0.5) is 0 Å². The first kappa shape index (κ1) is 26.1. The highest BCUT2D eigenvalue weighted by molar-refractivity contribution is 7.30. The summed E-state index contributed by atoms with van der Waals surface area (Å²) >= 11 is 0. The molecule has 0 bridgehead atoms. The van der Waals surface area contributed by atoms with Crippen molar-refractivity contribution in [1.29, 1.82) is 0 Å². The van der Waals surface area contributed by atoms with E-state index in [0.717, 1.165) is 25.7 Å². The van der Waals surface area contributed by atoms with Gasteiger partial charge < -0.3 is 14.2 Å². The van der Waals surface area contributed by atoms with Gasteiger partial charge >= 0.3 is 5.97 Å². The Hall–Kier alpha value is -1.94. The molecule has 0 aliphatic rings. The molecule has 0 amide bonds. The van der Waals surface area contributed by atoms with Gasteiger partial charge in [0.15, 0.2) is 14.2 Å². The van der Waals surface area contributed by atoms with Gasteiger partial charge in [0, 0.05) is 0 Å². The number of methoxy groups -OCH3 is 2. The van der Waals surface area contributed by atoms with Crippen LogP contribution in [-0.4, -0.2) is 37.7 Å². The van der Waals surface area contributed by atoms with Crippen molar-refractivity contribution in [2.75, 3.05) is 20.8 Å². The maximum absolute atomic E-state index is 13.7. The molecule has 0 heterocycles. The van der Waals surface area contributed by atoms with Gasteiger partial charge in [-0.2, -0.15) is 0 Å². The van der Waals surface area contributed by atoms with E-state index in [9.17, 15) is 14.2 Å². The van der Waals surface area contributed by atoms with Crippen LogP contribution < -0.4 is 9.47 Å². The van der Waals surface area contributed by atoms with Crippen LogP contribution in [0.25, 0.3) is 0 Å².